The summed E-state index contributed by atoms with van der Waals surface area (Å²) in [6.45, 7) is 0. The number of hydrogen-bond donors (Lipinski definition) is 2. The van der Waals surface area contributed by atoms with E-state index >= 15 is 0 Å². The highest BCUT2D eigenvalue weighted by Gasteiger charge is 2.67. The van der Waals surface area contributed by atoms with Crippen LogP contribution in [0.4, 0.5) is 22.0 Å². The van der Waals surface area contributed by atoms with Crippen LogP contribution in [0.5, 0.6) is 0 Å². The molecule has 14 heteroatoms. The first-order valence-corrected chi connectivity index (χ1v) is 8.12. The van der Waals surface area contributed by atoms with E-state index in [-0.39, 0.29) is 12.8 Å². The third-order valence-corrected chi connectivity index (χ3v) is 4.91. The van der Waals surface area contributed by atoms with Crippen molar-refractivity contribution < 1.29 is 59.1 Å². The molecule has 2 heterocycles. The Hall–Kier alpha value is -1.54. The minimum absolute atomic E-state index is 0.0968. The lowest BCUT2D eigenvalue weighted by Crippen LogP contribution is -2.53. The Morgan fingerprint density at radius 2 is 1.56 bits per heavy atom. The predicted octanol–water partition coefficient (Wildman–Crippen LogP) is 0.819. The van der Waals surface area contributed by atoms with Gasteiger partial charge in [-0.05, 0) is 12.8 Å². The first-order chi connectivity index (χ1) is 11.2. The number of alkyl halides is 5. The van der Waals surface area contributed by atoms with Gasteiger partial charge in [-0.2, -0.15) is 30.4 Å². The van der Waals surface area contributed by atoms with E-state index in [2.05, 4.69) is 4.74 Å². The van der Waals surface area contributed by atoms with Crippen molar-refractivity contribution in [3.8, 4) is 0 Å². The highest BCUT2D eigenvalue weighted by molar-refractivity contribution is 7.86. The largest absolute Gasteiger partial charge is 0.481 e. The second-order valence-corrected chi connectivity index (χ2v) is 7.07. The summed E-state index contributed by atoms with van der Waals surface area (Å²) in [5.41, 5.74) is 0. The molecule has 25 heavy (non-hydrogen) atoms. The number of carboxylic acid groups (broad SMARTS) is 1. The van der Waals surface area contributed by atoms with Crippen LogP contribution >= 0.6 is 0 Å². The van der Waals surface area contributed by atoms with E-state index in [4.69, 9.17) is 14.4 Å². The van der Waals surface area contributed by atoms with Crippen LogP contribution in [0, 0.1) is 11.8 Å². The van der Waals surface area contributed by atoms with Gasteiger partial charge >= 0.3 is 33.5 Å². The van der Waals surface area contributed by atoms with Gasteiger partial charge in [-0.15, -0.1) is 0 Å². The maximum atomic E-state index is 13.4. The number of hydrogen-bond acceptors (Lipinski definition) is 6. The van der Waals surface area contributed by atoms with Gasteiger partial charge in [0, 0.05) is 0 Å². The molecule has 144 valence electrons. The summed E-state index contributed by atoms with van der Waals surface area (Å²) >= 11 is 0. The minimum atomic E-state index is -6.57. The average Bonchev–Trinajstić information content (AvgIpc) is 3.01. The number of carbonyl (C=O) groups is 2. The molecule has 2 bridgehead atoms. The summed E-state index contributed by atoms with van der Waals surface area (Å²) in [5.74, 6) is -7.01. The molecule has 0 spiro atoms. The van der Waals surface area contributed by atoms with Crippen molar-refractivity contribution in [3.63, 3.8) is 0 Å². The van der Waals surface area contributed by atoms with E-state index in [9.17, 15) is 40.0 Å². The lowest BCUT2D eigenvalue weighted by Gasteiger charge is -2.29. The molecule has 0 aromatic rings. The fourth-order valence-corrected chi connectivity index (χ4v) is 3.40. The van der Waals surface area contributed by atoms with Crippen LogP contribution in [0.2, 0.25) is 0 Å². The van der Waals surface area contributed by atoms with Gasteiger partial charge < -0.3 is 14.6 Å². The maximum Gasteiger partial charge on any atom is 0.432 e. The van der Waals surface area contributed by atoms with Crippen LogP contribution in [0.15, 0.2) is 0 Å². The molecule has 0 aliphatic carbocycles. The Bertz CT molecular complexity index is 674. The predicted molar refractivity (Wildman–Crippen MR) is 64.9 cm³/mol. The van der Waals surface area contributed by atoms with Crippen molar-refractivity contribution in [2.24, 2.45) is 11.8 Å². The van der Waals surface area contributed by atoms with Crippen molar-refractivity contribution in [3.05, 3.63) is 0 Å². The number of esters is 1. The number of carboxylic acids is 1. The summed E-state index contributed by atoms with van der Waals surface area (Å²) in [7, 11) is -6.57. The molecule has 2 fully saturated rings. The van der Waals surface area contributed by atoms with Gasteiger partial charge in [0.15, 0.2) is 0 Å². The monoisotopic (exact) mass is 398 g/mol. The molecular formula is C11H11F5O8S. The SMILES string of the molecule is O=C(O)C1C2CCC(O2)C1C(=O)OC(C(F)(F)F)C(F)(F)S(=O)(=O)O. The molecule has 8 nitrogen and oxygen atoms in total. The van der Waals surface area contributed by atoms with Gasteiger partial charge in [0.05, 0.1) is 24.0 Å². The van der Waals surface area contributed by atoms with Crippen molar-refractivity contribution in [2.75, 3.05) is 0 Å². The summed E-state index contributed by atoms with van der Waals surface area (Å²) in [6.07, 6.45) is -12.4. The second kappa shape index (κ2) is 6.02. The topological polar surface area (TPSA) is 127 Å². The van der Waals surface area contributed by atoms with Gasteiger partial charge in [0.1, 0.15) is 0 Å². The number of aliphatic carboxylic acids is 1. The molecule has 0 radical (unpaired) electrons. The fourth-order valence-electron chi connectivity index (χ4n) is 2.95. The van der Waals surface area contributed by atoms with Crippen molar-refractivity contribution in [2.45, 2.75) is 42.6 Å². The van der Waals surface area contributed by atoms with Gasteiger partial charge in [-0.1, -0.05) is 0 Å². The van der Waals surface area contributed by atoms with E-state index in [1.165, 1.54) is 0 Å². The van der Waals surface area contributed by atoms with Gasteiger partial charge in [-0.3, -0.25) is 14.1 Å². The molecule has 0 aromatic heterocycles. The van der Waals surface area contributed by atoms with Gasteiger partial charge in [0.2, 0.25) is 0 Å². The smallest absolute Gasteiger partial charge is 0.432 e. The van der Waals surface area contributed by atoms with Crippen LogP contribution < -0.4 is 0 Å². The molecule has 2 N–H and O–H groups in total. The zero-order chi connectivity index (χ0) is 19.4. The third kappa shape index (κ3) is 3.42. The Morgan fingerprint density at radius 3 is 1.96 bits per heavy atom. The van der Waals surface area contributed by atoms with Gasteiger partial charge in [-0.25, -0.2) is 0 Å². The Kier molecular flexibility index (Phi) is 4.76. The molecule has 2 aliphatic heterocycles. The standard InChI is InChI=1S/C11H11F5O8S/c12-10(13,14)9(11(15,16)25(20,21)22)24-8(19)6-4-2-1-3(23-4)5(6)7(17)18/h3-6,9H,1-2H2,(H,17,18)(H,20,21,22). The quantitative estimate of drug-likeness (QED) is 0.396. The lowest BCUT2D eigenvalue weighted by atomic mass is 9.79. The molecule has 0 aromatic carbocycles. The Labute approximate surface area is 136 Å². The molecular weight excluding hydrogens is 387 g/mol. The number of rotatable bonds is 5. The molecule has 5 atom stereocenters. The number of ether oxygens (including phenoxy) is 2. The van der Waals surface area contributed by atoms with Crippen LogP contribution in [-0.4, -0.2) is 59.8 Å². The fraction of sp³-hybridized carbons (Fsp3) is 0.818. The zero-order valence-electron chi connectivity index (χ0n) is 11.9. The normalized spacial score (nSPS) is 31.0. The van der Waals surface area contributed by atoms with E-state index in [1.807, 2.05) is 0 Å². The van der Waals surface area contributed by atoms with Crippen LogP contribution in [0.25, 0.3) is 0 Å². The van der Waals surface area contributed by atoms with E-state index in [1.54, 1.807) is 0 Å². The Balaban J connectivity index is 2.31. The zero-order valence-corrected chi connectivity index (χ0v) is 12.8. The van der Waals surface area contributed by atoms with E-state index < -0.39 is 63.6 Å². The first kappa shape index (κ1) is 19.8. The molecule has 5 unspecified atom stereocenters. The highest BCUT2D eigenvalue weighted by atomic mass is 32.2. The minimum Gasteiger partial charge on any atom is -0.481 e. The molecule has 0 saturated carbocycles. The molecule has 0 amide bonds. The van der Waals surface area contributed by atoms with Gasteiger partial charge in [0.25, 0.3) is 6.10 Å². The summed E-state index contributed by atoms with van der Waals surface area (Å²) in [5, 5.41) is 3.17. The van der Waals surface area contributed by atoms with Crippen LogP contribution in [-0.2, 0) is 29.2 Å². The van der Waals surface area contributed by atoms with E-state index in [0.29, 0.717) is 0 Å². The maximum absolute atomic E-state index is 13.4. The first-order valence-electron chi connectivity index (χ1n) is 6.68. The average molecular weight is 398 g/mol. The van der Waals surface area contributed by atoms with Crippen molar-refractivity contribution >= 4 is 22.1 Å². The highest BCUT2D eigenvalue weighted by Crippen LogP contribution is 2.45. The lowest BCUT2D eigenvalue weighted by molar-refractivity contribution is -0.261. The molecule has 2 aliphatic rings. The van der Waals surface area contributed by atoms with E-state index in [0.717, 1.165) is 0 Å². The number of halogens is 5. The second-order valence-electron chi connectivity index (χ2n) is 5.58. The van der Waals surface area contributed by atoms with Crippen molar-refractivity contribution in [1.82, 2.24) is 0 Å². The summed E-state index contributed by atoms with van der Waals surface area (Å²) in [6, 6.07) is 0. The summed E-state index contributed by atoms with van der Waals surface area (Å²) in [4.78, 5) is 23.1. The number of carbonyl (C=O) groups excluding carboxylic acids is 1. The third-order valence-electron chi connectivity index (χ3n) is 4.01. The van der Waals surface area contributed by atoms with Crippen LogP contribution in [0.3, 0.4) is 0 Å². The Morgan fingerprint density at radius 1 is 1.08 bits per heavy atom. The molecule has 2 saturated heterocycles. The summed E-state index contributed by atoms with van der Waals surface area (Å²) < 4.78 is 103. The number of fused-ring (bicyclic) bond motifs is 2. The van der Waals surface area contributed by atoms with Crippen molar-refractivity contribution in [1.29, 1.82) is 0 Å². The van der Waals surface area contributed by atoms with Crippen LogP contribution in [0.1, 0.15) is 12.8 Å². The molecule has 2 rings (SSSR count).